The summed E-state index contributed by atoms with van der Waals surface area (Å²) >= 11 is 0. The molecule has 0 saturated heterocycles. The maximum Gasteiger partial charge on any atom is 0.241 e. The van der Waals surface area contributed by atoms with Crippen molar-refractivity contribution in [2.45, 2.75) is 79.7 Å². The SMILES string of the molecule is Cc1cc(C)c(C(O[Si](C)(C)C)=[Si]([Si](C)(C)C)[Si](C)(C)C)c(C)c1. The average Bonchev–Trinajstić information content (AvgIpc) is 2.19. The Kier molecular flexibility index (Phi) is 6.51. The topological polar surface area (TPSA) is 9.23 Å². The molecule has 0 atom stereocenters. The first-order chi connectivity index (χ1) is 10.5. The molecule has 0 N–H and O–H groups in total. The van der Waals surface area contributed by atoms with Gasteiger partial charge in [-0.3, -0.25) is 0 Å². The highest BCUT2D eigenvalue weighted by Crippen LogP contribution is 2.24. The van der Waals surface area contributed by atoms with Crippen LogP contribution in [0.25, 0.3) is 0 Å². The van der Waals surface area contributed by atoms with Gasteiger partial charge in [-0.2, -0.15) is 0 Å². The van der Waals surface area contributed by atoms with Gasteiger partial charge in [0.1, 0.15) is 0 Å². The van der Waals surface area contributed by atoms with Crippen molar-refractivity contribution in [1.82, 2.24) is 0 Å². The largest absolute Gasteiger partial charge is 0.548 e. The lowest BCUT2D eigenvalue weighted by Crippen LogP contribution is -2.58. The lowest BCUT2D eigenvalue weighted by molar-refractivity contribution is 0.565. The molecule has 1 aromatic carbocycles. The van der Waals surface area contributed by atoms with Crippen LogP contribution >= 0.6 is 0 Å². The van der Waals surface area contributed by atoms with Crippen LogP contribution in [-0.2, 0) is 4.43 Å². The van der Waals surface area contributed by atoms with Crippen LogP contribution < -0.4 is 0 Å². The van der Waals surface area contributed by atoms with E-state index in [-0.39, 0.29) is 0 Å². The van der Waals surface area contributed by atoms with Crippen LogP contribution in [0, 0.1) is 20.8 Å². The van der Waals surface area contributed by atoms with E-state index in [2.05, 4.69) is 91.8 Å². The quantitative estimate of drug-likeness (QED) is 0.569. The van der Waals surface area contributed by atoms with E-state index in [1.165, 1.54) is 27.6 Å². The third-order valence-electron chi connectivity index (χ3n) is 4.04. The van der Waals surface area contributed by atoms with Gasteiger partial charge in [-0.25, -0.2) is 0 Å². The Hall–Kier alpha value is -0.242. The maximum absolute atomic E-state index is 6.91. The fourth-order valence-electron chi connectivity index (χ4n) is 3.88. The molecule has 1 nitrogen and oxygen atoms in total. The molecule has 1 rings (SSSR count). The normalized spacial score (nSPS) is 13.0. The van der Waals surface area contributed by atoms with E-state index in [0.717, 1.165) is 0 Å². The molecule has 5 heteroatoms. The smallest absolute Gasteiger partial charge is 0.241 e. The second kappa shape index (κ2) is 7.17. The minimum absolute atomic E-state index is 0.649. The molecule has 0 radical (unpaired) electrons. The molecular weight excluding hydrogens is 357 g/mol. The summed E-state index contributed by atoms with van der Waals surface area (Å²) in [4.78, 5) is 0. The predicted octanol–water partition coefficient (Wildman–Crippen LogP) is 5.85. The van der Waals surface area contributed by atoms with Gasteiger partial charge >= 0.3 is 0 Å². The van der Waals surface area contributed by atoms with Crippen LogP contribution in [0.15, 0.2) is 12.1 Å². The van der Waals surface area contributed by atoms with Crippen LogP contribution in [0.4, 0.5) is 0 Å². The highest BCUT2D eigenvalue weighted by atomic mass is 29.6. The van der Waals surface area contributed by atoms with Crippen molar-refractivity contribution in [3.05, 3.63) is 34.4 Å². The number of rotatable bonds is 5. The van der Waals surface area contributed by atoms with Gasteiger partial charge in [-0.05, 0) is 51.5 Å². The Labute approximate surface area is 154 Å². The van der Waals surface area contributed by atoms with Gasteiger partial charge in [0.2, 0.25) is 8.32 Å². The molecule has 0 aromatic heterocycles. The van der Waals surface area contributed by atoms with E-state index < -0.39 is 30.9 Å². The molecule has 0 aliphatic rings. The van der Waals surface area contributed by atoms with Crippen molar-refractivity contribution in [3.63, 3.8) is 0 Å². The van der Waals surface area contributed by atoms with Gasteiger partial charge in [0.05, 0.1) is 20.5 Å². The van der Waals surface area contributed by atoms with Gasteiger partial charge in [0.25, 0.3) is 0 Å². The number of aryl methyl sites for hydroxylation is 3. The van der Waals surface area contributed by atoms with Crippen molar-refractivity contribution >= 4 is 36.3 Å². The van der Waals surface area contributed by atoms with Crippen molar-refractivity contribution in [1.29, 1.82) is 0 Å². The molecular formula is C19H38OSi4. The summed E-state index contributed by atoms with van der Waals surface area (Å²) in [5, 5.41) is 1.44. The Morgan fingerprint density at radius 1 is 0.750 bits per heavy atom. The van der Waals surface area contributed by atoms with E-state index in [0.29, 0.717) is 0 Å². The number of hydrogen-bond acceptors (Lipinski definition) is 1. The van der Waals surface area contributed by atoms with Gasteiger partial charge < -0.3 is 4.43 Å². The van der Waals surface area contributed by atoms with Gasteiger partial charge in [0, 0.05) is 13.0 Å². The Morgan fingerprint density at radius 2 is 1.12 bits per heavy atom. The van der Waals surface area contributed by atoms with Crippen molar-refractivity contribution in [3.8, 4) is 0 Å². The standard InChI is InChI=1S/C19H38OSi4/c1-15-13-16(2)18(17(3)14-15)19(20-22(4,5)6)21(23(7,8)9)24(10,11)12/h13-14H,1-12H3. The molecule has 0 fully saturated rings. The second-order valence-corrected chi connectivity index (χ2v) is 38.3. The van der Waals surface area contributed by atoms with Gasteiger partial charge in [0.15, 0.2) is 0 Å². The zero-order chi connectivity index (χ0) is 19.1. The summed E-state index contributed by atoms with van der Waals surface area (Å²) in [5.41, 5.74) is 5.61. The highest BCUT2D eigenvalue weighted by molar-refractivity contribution is 7.61. The number of benzene rings is 1. The summed E-state index contributed by atoms with van der Waals surface area (Å²) in [7, 11) is -4.91. The summed E-state index contributed by atoms with van der Waals surface area (Å²) in [6, 6.07) is 4.67. The molecule has 0 aliphatic heterocycles. The summed E-state index contributed by atoms with van der Waals surface area (Å²) in [6.45, 7) is 29.1. The van der Waals surface area contributed by atoms with Crippen LogP contribution in [-0.4, -0.2) is 36.3 Å². The molecule has 0 bridgehead atoms. The first-order valence-electron chi connectivity index (χ1n) is 9.06. The van der Waals surface area contributed by atoms with Crippen LogP contribution in [0.1, 0.15) is 22.3 Å². The maximum atomic E-state index is 6.91. The summed E-state index contributed by atoms with van der Waals surface area (Å²) < 4.78 is 6.91. The fourth-order valence-corrected chi connectivity index (χ4v) is 42.9. The summed E-state index contributed by atoms with van der Waals surface area (Å²) in [5.74, 6) is 0. The van der Waals surface area contributed by atoms with E-state index in [1.54, 1.807) is 0 Å². The van der Waals surface area contributed by atoms with Crippen molar-refractivity contribution in [2.75, 3.05) is 0 Å². The van der Waals surface area contributed by atoms with Gasteiger partial charge in [-0.15, -0.1) is 0 Å². The van der Waals surface area contributed by atoms with E-state index in [4.69, 9.17) is 4.43 Å². The minimum Gasteiger partial charge on any atom is -0.548 e. The molecule has 0 amide bonds. The molecule has 0 aliphatic carbocycles. The molecule has 0 spiro atoms. The molecule has 1 aromatic rings. The molecule has 0 heterocycles. The fraction of sp³-hybridized carbons (Fsp3) is 0.632. The zero-order valence-corrected chi connectivity index (χ0v) is 22.1. The Bertz CT molecular complexity index is 602. The Morgan fingerprint density at radius 3 is 1.42 bits per heavy atom. The summed E-state index contributed by atoms with van der Waals surface area (Å²) in [6.07, 6.45) is 0. The third kappa shape index (κ3) is 5.64. The van der Waals surface area contributed by atoms with Crippen molar-refractivity contribution < 1.29 is 4.43 Å². The van der Waals surface area contributed by atoms with Gasteiger partial charge in [-0.1, -0.05) is 57.0 Å². The molecule has 136 valence electrons. The molecule has 24 heavy (non-hydrogen) atoms. The number of hydrogen-bond donors (Lipinski definition) is 0. The van der Waals surface area contributed by atoms with Crippen LogP contribution in [0.2, 0.25) is 58.9 Å². The molecule has 0 saturated carbocycles. The highest BCUT2D eigenvalue weighted by Gasteiger charge is 2.38. The lowest BCUT2D eigenvalue weighted by atomic mass is 10.0. The van der Waals surface area contributed by atoms with Crippen LogP contribution in [0.3, 0.4) is 0 Å². The first-order valence-corrected chi connectivity index (χ1v) is 23.0. The van der Waals surface area contributed by atoms with E-state index in [1.807, 2.05) is 0 Å². The van der Waals surface area contributed by atoms with E-state index >= 15 is 0 Å². The lowest BCUT2D eigenvalue weighted by Gasteiger charge is -2.36. The first kappa shape index (κ1) is 21.8. The Balaban J connectivity index is 3.92. The molecule has 0 unspecified atom stereocenters. The average molecular weight is 395 g/mol. The monoisotopic (exact) mass is 394 g/mol. The third-order valence-corrected chi connectivity index (χ3v) is 32.7. The predicted molar refractivity (Wildman–Crippen MR) is 122 cm³/mol. The van der Waals surface area contributed by atoms with Crippen molar-refractivity contribution in [2.24, 2.45) is 0 Å². The zero-order valence-electron chi connectivity index (χ0n) is 18.1. The van der Waals surface area contributed by atoms with Crippen LogP contribution in [0.5, 0.6) is 0 Å². The minimum atomic E-state index is -1.65. The second-order valence-electron chi connectivity index (χ2n) is 10.2. The van der Waals surface area contributed by atoms with E-state index in [9.17, 15) is 0 Å².